The van der Waals surface area contributed by atoms with Crippen molar-refractivity contribution < 1.29 is 18.6 Å². The standard InChI is InChI=1S/C23H23ClF2N4O3/c24-16-2-1-15(11-17(16)25)21(5-9-31)30-8-4-14(12-22(30)32)19-3-7-27-23(28-19)29-20-6-10-33-13-18(20)26/h1-4,7-8,11-12,18,20-21,31H,5-6,9-10,13H2,(H,27,28,29)/t18-,20-,21+/m0/s1. The molecule has 0 aliphatic carbocycles. The lowest BCUT2D eigenvalue weighted by Gasteiger charge is -2.26. The van der Waals surface area contributed by atoms with E-state index in [2.05, 4.69) is 15.3 Å². The summed E-state index contributed by atoms with van der Waals surface area (Å²) in [5.41, 5.74) is 1.22. The molecule has 174 valence electrons. The quantitative estimate of drug-likeness (QED) is 0.541. The number of pyridine rings is 1. The van der Waals surface area contributed by atoms with Crippen molar-refractivity contribution in [2.45, 2.75) is 31.1 Å². The minimum Gasteiger partial charge on any atom is -0.396 e. The first kappa shape index (κ1) is 23.3. The molecule has 33 heavy (non-hydrogen) atoms. The number of aromatic nitrogens is 3. The summed E-state index contributed by atoms with van der Waals surface area (Å²) in [6.45, 7) is 0.302. The van der Waals surface area contributed by atoms with Crippen LogP contribution < -0.4 is 10.9 Å². The number of anilines is 1. The van der Waals surface area contributed by atoms with Gasteiger partial charge in [-0.2, -0.15) is 0 Å². The zero-order chi connectivity index (χ0) is 23.4. The largest absolute Gasteiger partial charge is 0.396 e. The number of nitrogens with one attached hydrogen (secondary N) is 1. The van der Waals surface area contributed by atoms with Crippen LogP contribution in [0.25, 0.3) is 11.3 Å². The van der Waals surface area contributed by atoms with E-state index in [4.69, 9.17) is 16.3 Å². The average Bonchev–Trinajstić information content (AvgIpc) is 2.81. The highest BCUT2D eigenvalue weighted by Gasteiger charge is 2.26. The Balaban J connectivity index is 1.60. The Hall–Kier alpha value is -2.88. The van der Waals surface area contributed by atoms with Crippen molar-refractivity contribution in [1.29, 1.82) is 0 Å². The molecule has 1 saturated heterocycles. The second-order valence-corrected chi connectivity index (χ2v) is 8.17. The summed E-state index contributed by atoms with van der Waals surface area (Å²) < 4.78 is 34.6. The van der Waals surface area contributed by atoms with Crippen LogP contribution in [0.5, 0.6) is 0 Å². The molecular formula is C23H23ClF2N4O3. The summed E-state index contributed by atoms with van der Waals surface area (Å²) >= 11 is 5.77. The number of alkyl halides is 1. The number of benzene rings is 1. The molecule has 0 unspecified atom stereocenters. The average molecular weight is 477 g/mol. The van der Waals surface area contributed by atoms with E-state index in [1.807, 2.05) is 0 Å². The number of hydrogen-bond acceptors (Lipinski definition) is 6. The van der Waals surface area contributed by atoms with E-state index in [1.54, 1.807) is 24.4 Å². The summed E-state index contributed by atoms with van der Waals surface area (Å²) in [5, 5.41) is 12.5. The van der Waals surface area contributed by atoms with Crippen molar-refractivity contribution in [2.24, 2.45) is 0 Å². The number of hydrogen-bond donors (Lipinski definition) is 2. The Morgan fingerprint density at radius 3 is 2.88 bits per heavy atom. The molecule has 1 aromatic carbocycles. The van der Waals surface area contributed by atoms with Gasteiger partial charge in [-0.3, -0.25) is 4.79 Å². The van der Waals surface area contributed by atoms with Crippen LogP contribution in [0.15, 0.2) is 53.6 Å². The summed E-state index contributed by atoms with van der Waals surface area (Å²) in [7, 11) is 0. The zero-order valence-corrected chi connectivity index (χ0v) is 18.4. The predicted octanol–water partition coefficient (Wildman–Crippen LogP) is 3.61. The lowest BCUT2D eigenvalue weighted by Crippen LogP contribution is -2.39. The Morgan fingerprint density at radius 2 is 2.15 bits per heavy atom. The van der Waals surface area contributed by atoms with E-state index >= 15 is 0 Å². The van der Waals surface area contributed by atoms with Crippen molar-refractivity contribution in [2.75, 3.05) is 25.1 Å². The fourth-order valence-electron chi connectivity index (χ4n) is 3.84. The summed E-state index contributed by atoms with van der Waals surface area (Å²) in [5.74, 6) is -0.330. The molecule has 4 rings (SSSR count). The number of nitrogens with zero attached hydrogens (tertiary/aromatic N) is 3. The van der Waals surface area contributed by atoms with Crippen LogP contribution in [-0.4, -0.2) is 51.7 Å². The van der Waals surface area contributed by atoms with Gasteiger partial charge in [-0.25, -0.2) is 18.7 Å². The van der Waals surface area contributed by atoms with E-state index in [-0.39, 0.29) is 36.2 Å². The first-order valence-electron chi connectivity index (χ1n) is 10.6. The van der Waals surface area contributed by atoms with Gasteiger partial charge in [0.15, 0.2) is 0 Å². The van der Waals surface area contributed by atoms with Gasteiger partial charge in [0.25, 0.3) is 5.56 Å². The summed E-state index contributed by atoms with van der Waals surface area (Å²) in [6.07, 6.45) is 2.68. The molecule has 1 aliphatic heterocycles. The number of ether oxygens (including phenoxy) is 1. The Bertz CT molecular complexity index is 1180. The van der Waals surface area contributed by atoms with Gasteiger partial charge >= 0.3 is 0 Å². The lowest BCUT2D eigenvalue weighted by atomic mass is 10.0. The van der Waals surface area contributed by atoms with E-state index in [0.29, 0.717) is 29.8 Å². The van der Waals surface area contributed by atoms with Gasteiger partial charge in [-0.15, -0.1) is 0 Å². The van der Waals surface area contributed by atoms with Gasteiger partial charge in [0.1, 0.15) is 12.0 Å². The highest BCUT2D eigenvalue weighted by Crippen LogP contribution is 2.26. The molecule has 0 spiro atoms. The molecule has 0 saturated carbocycles. The first-order valence-corrected chi connectivity index (χ1v) is 10.9. The maximum atomic E-state index is 14.0. The summed E-state index contributed by atoms with van der Waals surface area (Å²) in [6, 6.07) is 8.07. The van der Waals surface area contributed by atoms with Gasteiger partial charge in [-0.1, -0.05) is 17.7 Å². The molecule has 3 aromatic rings. The molecule has 0 amide bonds. The topological polar surface area (TPSA) is 89.3 Å². The number of halogens is 3. The van der Waals surface area contributed by atoms with E-state index in [9.17, 15) is 18.7 Å². The van der Waals surface area contributed by atoms with Crippen LogP contribution in [0.3, 0.4) is 0 Å². The maximum absolute atomic E-state index is 14.0. The molecule has 2 N–H and O–H groups in total. The molecule has 2 aromatic heterocycles. The van der Waals surface area contributed by atoms with Gasteiger partial charge < -0.3 is 19.7 Å². The molecular weight excluding hydrogens is 454 g/mol. The molecule has 1 aliphatic rings. The lowest BCUT2D eigenvalue weighted by molar-refractivity contribution is 0.0284. The molecule has 3 heterocycles. The van der Waals surface area contributed by atoms with Crippen LogP contribution in [0, 0.1) is 5.82 Å². The molecule has 3 atom stereocenters. The number of aliphatic hydroxyl groups is 1. The molecule has 0 bridgehead atoms. The van der Waals surface area contributed by atoms with Crippen LogP contribution in [0.2, 0.25) is 5.02 Å². The zero-order valence-electron chi connectivity index (χ0n) is 17.6. The van der Waals surface area contributed by atoms with Crippen molar-refractivity contribution >= 4 is 17.5 Å². The van der Waals surface area contributed by atoms with Crippen LogP contribution in [0.4, 0.5) is 14.7 Å². The molecule has 10 heteroatoms. The van der Waals surface area contributed by atoms with Crippen molar-refractivity contribution in [1.82, 2.24) is 14.5 Å². The van der Waals surface area contributed by atoms with Crippen molar-refractivity contribution in [3.63, 3.8) is 0 Å². The fourth-order valence-corrected chi connectivity index (χ4v) is 3.95. The van der Waals surface area contributed by atoms with Crippen LogP contribution >= 0.6 is 11.6 Å². The van der Waals surface area contributed by atoms with Gasteiger partial charge in [0.05, 0.1) is 29.4 Å². The van der Waals surface area contributed by atoms with Crippen molar-refractivity contribution in [3.05, 3.63) is 75.5 Å². The highest BCUT2D eigenvalue weighted by molar-refractivity contribution is 6.30. The number of rotatable bonds is 7. The Kier molecular flexibility index (Phi) is 7.32. The molecule has 7 nitrogen and oxygen atoms in total. The molecule has 0 radical (unpaired) electrons. The monoisotopic (exact) mass is 476 g/mol. The fraction of sp³-hybridized carbons (Fsp3) is 0.348. The number of aliphatic hydroxyl groups excluding tert-OH is 1. The van der Waals surface area contributed by atoms with Gasteiger partial charge in [0.2, 0.25) is 5.95 Å². The second kappa shape index (κ2) is 10.4. The minimum absolute atomic E-state index is 0.0165. The van der Waals surface area contributed by atoms with Crippen molar-refractivity contribution in [3.8, 4) is 11.3 Å². The van der Waals surface area contributed by atoms with Crippen LogP contribution in [0.1, 0.15) is 24.4 Å². The summed E-state index contributed by atoms with van der Waals surface area (Å²) in [4.78, 5) is 21.5. The Labute approximate surface area is 194 Å². The smallest absolute Gasteiger partial charge is 0.251 e. The highest BCUT2D eigenvalue weighted by atomic mass is 35.5. The molecule has 1 fully saturated rings. The third kappa shape index (κ3) is 5.38. The maximum Gasteiger partial charge on any atom is 0.251 e. The van der Waals surface area contributed by atoms with Gasteiger partial charge in [0, 0.05) is 37.2 Å². The van der Waals surface area contributed by atoms with E-state index < -0.39 is 24.1 Å². The third-order valence-corrected chi connectivity index (χ3v) is 5.87. The minimum atomic E-state index is -1.16. The van der Waals surface area contributed by atoms with Crippen LogP contribution in [-0.2, 0) is 4.74 Å². The normalized spacial score (nSPS) is 19.3. The SMILES string of the molecule is O=c1cc(-c2ccnc(N[C@H]3CCOC[C@@H]3F)n2)ccn1[C@H](CCO)c1ccc(Cl)c(F)c1. The van der Waals surface area contributed by atoms with E-state index in [0.717, 1.165) is 0 Å². The van der Waals surface area contributed by atoms with Gasteiger partial charge in [-0.05, 0) is 42.7 Å². The third-order valence-electron chi connectivity index (χ3n) is 5.57. The first-order chi connectivity index (χ1) is 16.0. The predicted molar refractivity (Wildman–Crippen MR) is 121 cm³/mol. The second-order valence-electron chi connectivity index (χ2n) is 7.76. The Morgan fingerprint density at radius 1 is 1.30 bits per heavy atom. The van der Waals surface area contributed by atoms with E-state index in [1.165, 1.54) is 29.0 Å².